The molecule has 1 rings (SSSR count). The first-order chi connectivity index (χ1) is 8.42. The maximum absolute atomic E-state index is 11.4. The first kappa shape index (κ1) is 14.7. The molecular formula is C10H16O8. The van der Waals surface area contributed by atoms with E-state index in [4.69, 9.17) is 14.9 Å². The molecule has 0 saturated heterocycles. The van der Waals surface area contributed by atoms with Gasteiger partial charge in [0.2, 0.25) is 11.4 Å². The molecule has 0 amide bonds. The summed E-state index contributed by atoms with van der Waals surface area (Å²) in [6.07, 6.45) is -3.48. The normalized spacial score (nSPS) is 27.1. The maximum atomic E-state index is 11.4. The van der Waals surface area contributed by atoms with Gasteiger partial charge in [-0.15, -0.1) is 0 Å². The van der Waals surface area contributed by atoms with Crippen molar-refractivity contribution < 1.29 is 39.8 Å². The summed E-state index contributed by atoms with van der Waals surface area (Å²) in [7, 11) is 1.12. The highest BCUT2D eigenvalue weighted by atomic mass is 16.6. The van der Waals surface area contributed by atoms with Crippen molar-refractivity contribution in [2.45, 2.75) is 24.2 Å². The van der Waals surface area contributed by atoms with Gasteiger partial charge in [-0.1, -0.05) is 0 Å². The Hall–Kier alpha value is -1.35. The smallest absolute Gasteiger partial charge is 0.378 e. The van der Waals surface area contributed by atoms with Gasteiger partial charge in [-0.2, -0.15) is 0 Å². The summed E-state index contributed by atoms with van der Waals surface area (Å²) in [4.78, 5) is 11.4. The molecule has 1 heterocycles. The number of ether oxygens (including phenoxy) is 2. The van der Waals surface area contributed by atoms with E-state index >= 15 is 0 Å². The number of hydrogen-bond donors (Lipinski definition) is 5. The van der Waals surface area contributed by atoms with Crippen molar-refractivity contribution in [2.24, 2.45) is 0 Å². The second-order valence-corrected chi connectivity index (χ2v) is 3.90. The Bertz CT molecular complexity index is 352. The standard InChI is InChI=1S/C10H16O8/c1-17-7-8(15)10(6(14)4-12,18-9(7)16)2-5(13)3-11/h5-6,11-15H,2-4H2,1H3/t5?,6-,10+/m0/s1. The fourth-order valence-electron chi connectivity index (χ4n) is 1.79. The van der Waals surface area contributed by atoms with E-state index in [1.165, 1.54) is 0 Å². The molecule has 0 fully saturated rings. The highest BCUT2D eigenvalue weighted by molar-refractivity contribution is 5.90. The monoisotopic (exact) mass is 264 g/mol. The predicted octanol–water partition coefficient (Wildman–Crippen LogP) is -2.21. The minimum atomic E-state index is -2.01. The summed E-state index contributed by atoms with van der Waals surface area (Å²) < 4.78 is 9.44. The van der Waals surface area contributed by atoms with Crippen LogP contribution in [0, 0.1) is 0 Å². The quantitative estimate of drug-likeness (QED) is 0.341. The largest absolute Gasteiger partial charge is 0.505 e. The molecule has 0 spiro atoms. The number of aliphatic hydroxyl groups is 5. The lowest BCUT2D eigenvalue weighted by atomic mass is 9.88. The van der Waals surface area contributed by atoms with Gasteiger partial charge in [0.15, 0.2) is 5.76 Å². The van der Waals surface area contributed by atoms with Gasteiger partial charge in [-0.3, -0.25) is 0 Å². The molecule has 5 N–H and O–H groups in total. The number of esters is 1. The van der Waals surface area contributed by atoms with E-state index in [0.717, 1.165) is 7.11 Å². The van der Waals surface area contributed by atoms with E-state index in [9.17, 15) is 20.1 Å². The van der Waals surface area contributed by atoms with E-state index in [1.54, 1.807) is 0 Å². The molecule has 0 bridgehead atoms. The molecule has 0 radical (unpaired) electrons. The molecule has 104 valence electrons. The third-order valence-electron chi connectivity index (χ3n) is 2.74. The van der Waals surface area contributed by atoms with Gasteiger partial charge in [0.25, 0.3) is 0 Å². The topological polar surface area (TPSA) is 137 Å². The van der Waals surface area contributed by atoms with E-state index in [-0.39, 0.29) is 0 Å². The summed E-state index contributed by atoms with van der Waals surface area (Å²) in [5.74, 6) is -2.25. The number of carbonyl (C=O) groups is 1. The molecule has 3 atom stereocenters. The predicted molar refractivity (Wildman–Crippen MR) is 56.3 cm³/mol. The Kier molecular flexibility index (Phi) is 4.52. The fourth-order valence-corrected chi connectivity index (χ4v) is 1.79. The third-order valence-corrected chi connectivity index (χ3v) is 2.74. The van der Waals surface area contributed by atoms with Gasteiger partial charge in [-0.25, -0.2) is 4.79 Å². The zero-order chi connectivity index (χ0) is 13.9. The highest BCUT2D eigenvalue weighted by Gasteiger charge is 2.55. The summed E-state index contributed by atoms with van der Waals surface area (Å²) in [5, 5.41) is 46.7. The van der Waals surface area contributed by atoms with Gasteiger partial charge < -0.3 is 35.0 Å². The van der Waals surface area contributed by atoms with Crippen LogP contribution in [-0.4, -0.2) is 69.6 Å². The average molecular weight is 264 g/mol. The average Bonchev–Trinajstić information content (AvgIpc) is 2.60. The van der Waals surface area contributed by atoms with Crippen LogP contribution in [0.25, 0.3) is 0 Å². The molecule has 0 aromatic carbocycles. The second-order valence-electron chi connectivity index (χ2n) is 3.90. The van der Waals surface area contributed by atoms with Crippen LogP contribution in [0.15, 0.2) is 11.5 Å². The molecule has 0 aromatic rings. The van der Waals surface area contributed by atoms with Crippen LogP contribution in [0.5, 0.6) is 0 Å². The highest BCUT2D eigenvalue weighted by Crippen LogP contribution is 2.38. The second kappa shape index (κ2) is 5.53. The van der Waals surface area contributed by atoms with Crippen molar-refractivity contribution in [1.29, 1.82) is 0 Å². The Morgan fingerprint density at radius 1 is 1.33 bits per heavy atom. The van der Waals surface area contributed by atoms with Gasteiger partial charge >= 0.3 is 5.97 Å². The van der Waals surface area contributed by atoms with Crippen LogP contribution < -0.4 is 0 Å². The zero-order valence-corrected chi connectivity index (χ0v) is 9.74. The minimum absolute atomic E-state index is 0.477. The van der Waals surface area contributed by atoms with Gasteiger partial charge in [0.1, 0.15) is 6.10 Å². The Labute approximate surface area is 103 Å². The van der Waals surface area contributed by atoms with Crippen molar-refractivity contribution in [3.8, 4) is 0 Å². The minimum Gasteiger partial charge on any atom is -0.505 e. The van der Waals surface area contributed by atoms with Crippen molar-refractivity contribution >= 4 is 5.97 Å². The maximum Gasteiger partial charge on any atom is 0.378 e. The lowest BCUT2D eigenvalue weighted by Crippen LogP contribution is -2.49. The van der Waals surface area contributed by atoms with Crippen molar-refractivity contribution in [1.82, 2.24) is 0 Å². The first-order valence-corrected chi connectivity index (χ1v) is 5.21. The van der Waals surface area contributed by atoms with Crippen LogP contribution in [-0.2, 0) is 14.3 Å². The lowest BCUT2D eigenvalue weighted by molar-refractivity contribution is -0.169. The van der Waals surface area contributed by atoms with Crippen LogP contribution in [0.3, 0.4) is 0 Å². The van der Waals surface area contributed by atoms with Gasteiger partial charge in [-0.05, 0) is 0 Å². The molecule has 0 aliphatic carbocycles. The lowest BCUT2D eigenvalue weighted by Gasteiger charge is -2.32. The van der Waals surface area contributed by atoms with Gasteiger partial charge in [0.05, 0.1) is 26.4 Å². The zero-order valence-electron chi connectivity index (χ0n) is 9.74. The molecule has 8 nitrogen and oxygen atoms in total. The SMILES string of the molecule is COC1=C(O)[C@@](CC(O)CO)([C@@H](O)CO)OC1=O. The molecule has 18 heavy (non-hydrogen) atoms. The third kappa shape index (κ3) is 2.27. The van der Waals surface area contributed by atoms with Crippen molar-refractivity contribution in [2.75, 3.05) is 20.3 Å². The van der Waals surface area contributed by atoms with Crippen LogP contribution in [0.1, 0.15) is 6.42 Å². The molecule has 1 aliphatic rings. The van der Waals surface area contributed by atoms with Crippen molar-refractivity contribution in [3.63, 3.8) is 0 Å². The Balaban J connectivity index is 3.15. The van der Waals surface area contributed by atoms with Crippen LogP contribution in [0.2, 0.25) is 0 Å². The number of aliphatic hydroxyl groups excluding tert-OH is 5. The Morgan fingerprint density at radius 2 is 1.94 bits per heavy atom. The van der Waals surface area contributed by atoms with E-state index in [0.29, 0.717) is 0 Å². The number of carbonyl (C=O) groups excluding carboxylic acids is 1. The fraction of sp³-hybridized carbons (Fsp3) is 0.700. The van der Waals surface area contributed by atoms with Crippen LogP contribution in [0.4, 0.5) is 0 Å². The van der Waals surface area contributed by atoms with Crippen molar-refractivity contribution in [3.05, 3.63) is 11.5 Å². The van der Waals surface area contributed by atoms with E-state index < -0.39 is 54.9 Å². The molecular weight excluding hydrogens is 248 g/mol. The first-order valence-electron chi connectivity index (χ1n) is 5.21. The molecule has 1 unspecified atom stereocenters. The number of rotatable bonds is 6. The van der Waals surface area contributed by atoms with E-state index in [2.05, 4.69) is 4.74 Å². The number of hydrogen-bond acceptors (Lipinski definition) is 8. The molecule has 0 aromatic heterocycles. The van der Waals surface area contributed by atoms with E-state index in [1.807, 2.05) is 0 Å². The summed E-state index contributed by atoms with van der Waals surface area (Å²) in [6, 6.07) is 0. The van der Waals surface area contributed by atoms with Gasteiger partial charge in [0, 0.05) is 6.42 Å². The molecule has 1 aliphatic heterocycles. The molecule has 8 heteroatoms. The summed E-state index contributed by atoms with van der Waals surface area (Å²) >= 11 is 0. The van der Waals surface area contributed by atoms with Crippen LogP contribution >= 0.6 is 0 Å². The Morgan fingerprint density at radius 3 is 2.33 bits per heavy atom. The number of cyclic esters (lactones) is 1. The summed E-state index contributed by atoms with van der Waals surface area (Å²) in [5.41, 5.74) is -2.01. The summed E-state index contributed by atoms with van der Waals surface area (Å²) in [6.45, 7) is -1.47. The molecule has 0 saturated carbocycles. The number of methoxy groups -OCH3 is 1.